The number of allylic oxidation sites excluding steroid dienone is 1. The Morgan fingerprint density at radius 1 is 0.941 bits per heavy atom. The van der Waals surface area contributed by atoms with Crippen molar-refractivity contribution in [1.82, 2.24) is 10.6 Å². The standard InChI is InChI=1S/C21H15Cl2F7N2O2/c22-13-6-12(7-14(23)8-13)16(21(28,29)30)4-2-11-1-3-15(17(24)5-11)19(34)31-9-18(33)32-10-20(25,26)27/h1-8,16H,9-10H2,(H,31,34)(H,32,33). The summed E-state index contributed by atoms with van der Waals surface area (Å²) in [7, 11) is 0. The Bertz CT molecular complexity index is 1070. The van der Waals surface area contributed by atoms with E-state index in [1.165, 1.54) is 11.4 Å². The zero-order chi connectivity index (χ0) is 25.7. The molecular weight excluding hydrogens is 516 g/mol. The van der Waals surface area contributed by atoms with Gasteiger partial charge in [-0.15, -0.1) is 0 Å². The number of rotatable bonds is 7. The van der Waals surface area contributed by atoms with Crippen molar-refractivity contribution in [2.24, 2.45) is 0 Å². The Hall–Kier alpha value is -2.79. The molecule has 0 spiro atoms. The normalized spacial score (nSPS) is 13.1. The Labute approximate surface area is 198 Å². The summed E-state index contributed by atoms with van der Waals surface area (Å²) < 4.78 is 91.1. The van der Waals surface area contributed by atoms with Crippen molar-refractivity contribution in [3.05, 3.63) is 75.0 Å². The maximum absolute atomic E-state index is 14.3. The molecule has 0 fully saturated rings. The minimum Gasteiger partial charge on any atom is -0.345 e. The van der Waals surface area contributed by atoms with Gasteiger partial charge in [0.25, 0.3) is 5.91 Å². The first-order valence-electron chi connectivity index (χ1n) is 9.28. The van der Waals surface area contributed by atoms with Crippen LogP contribution in [0.25, 0.3) is 6.08 Å². The van der Waals surface area contributed by atoms with E-state index in [9.17, 15) is 40.3 Å². The predicted molar refractivity (Wildman–Crippen MR) is 112 cm³/mol. The summed E-state index contributed by atoms with van der Waals surface area (Å²) in [6.45, 7) is -2.44. The van der Waals surface area contributed by atoms with Crippen LogP contribution in [-0.4, -0.2) is 37.3 Å². The van der Waals surface area contributed by atoms with Gasteiger partial charge in [0.05, 0.1) is 18.0 Å². The van der Waals surface area contributed by atoms with E-state index < -0.39 is 54.6 Å². The molecule has 1 atom stereocenters. The van der Waals surface area contributed by atoms with Crippen molar-refractivity contribution in [3.8, 4) is 0 Å². The van der Waals surface area contributed by atoms with Crippen molar-refractivity contribution < 1.29 is 40.3 Å². The Balaban J connectivity index is 2.12. The second-order valence-corrected chi connectivity index (χ2v) is 7.77. The van der Waals surface area contributed by atoms with Crippen molar-refractivity contribution in [1.29, 1.82) is 0 Å². The van der Waals surface area contributed by atoms with E-state index in [0.717, 1.165) is 42.5 Å². The molecule has 2 N–H and O–H groups in total. The van der Waals surface area contributed by atoms with Gasteiger partial charge in [-0.05, 0) is 41.5 Å². The van der Waals surface area contributed by atoms with E-state index in [1.807, 2.05) is 5.32 Å². The van der Waals surface area contributed by atoms with Crippen LogP contribution in [0.2, 0.25) is 10.0 Å². The van der Waals surface area contributed by atoms with Gasteiger partial charge in [0.2, 0.25) is 5.91 Å². The molecule has 0 bridgehead atoms. The molecule has 13 heteroatoms. The van der Waals surface area contributed by atoms with E-state index in [-0.39, 0.29) is 21.2 Å². The predicted octanol–water partition coefficient (Wildman–Crippen LogP) is 5.90. The van der Waals surface area contributed by atoms with Gasteiger partial charge >= 0.3 is 12.4 Å². The number of alkyl halides is 6. The van der Waals surface area contributed by atoms with Crippen LogP contribution in [0.3, 0.4) is 0 Å². The second kappa shape index (κ2) is 11.1. The molecule has 0 aliphatic carbocycles. The van der Waals surface area contributed by atoms with Gasteiger partial charge in [0.1, 0.15) is 12.4 Å². The van der Waals surface area contributed by atoms with Gasteiger partial charge < -0.3 is 10.6 Å². The lowest BCUT2D eigenvalue weighted by atomic mass is 9.97. The van der Waals surface area contributed by atoms with Crippen molar-refractivity contribution in [2.45, 2.75) is 18.3 Å². The van der Waals surface area contributed by atoms with Crippen LogP contribution in [0.1, 0.15) is 27.4 Å². The average Bonchev–Trinajstić information content (AvgIpc) is 2.68. The van der Waals surface area contributed by atoms with Crippen LogP contribution >= 0.6 is 23.2 Å². The first-order valence-corrected chi connectivity index (χ1v) is 10.0. The Morgan fingerprint density at radius 2 is 1.56 bits per heavy atom. The smallest absolute Gasteiger partial charge is 0.345 e. The number of hydrogen-bond acceptors (Lipinski definition) is 2. The fourth-order valence-corrected chi connectivity index (χ4v) is 3.25. The summed E-state index contributed by atoms with van der Waals surface area (Å²) >= 11 is 11.5. The number of nitrogens with one attached hydrogen (secondary N) is 2. The van der Waals surface area contributed by atoms with Crippen LogP contribution in [0.4, 0.5) is 30.7 Å². The third-order valence-electron chi connectivity index (χ3n) is 4.21. The molecule has 1 unspecified atom stereocenters. The topological polar surface area (TPSA) is 58.2 Å². The molecule has 0 saturated carbocycles. The molecule has 0 aliphatic heterocycles. The third-order valence-corrected chi connectivity index (χ3v) is 4.65. The number of hydrogen-bond donors (Lipinski definition) is 2. The molecule has 2 rings (SSSR count). The highest BCUT2D eigenvalue weighted by Gasteiger charge is 2.39. The average molecular weight is 531 g/mol. The minimum absolute atomic E-state index is 0.00125. The third kappa shape index (κ3) is 8.53. The summed E-state index contributed by atoms with van der Waals surface area (Å²) in [4.78, 5) is 23.3. The van der Waals surface area contributed by atoms with E-state index >= 15 is 0 Å². The van der Waals surface area contributed by atoms with Crippen molar-refractivity contribution in [3.63, 3.8) is 0 Å². The molecule has 0 aliphatic rings. The van der Waals surface area contributed by atoms with Crippen LogP contribution in [0.15, 0.2) is 42.5 Å². The summed E-state index contributed by atoms with van der Waals surface area (Å²) in [5, 5.41) is 3.47. The van der Waals surface area contributed by atoms with Gasteiger partial charge in [-0.2, -0.15) is 26.3 Å². The summed E-state index contributed by atoms with van der Waals surface area (Å²) in [6.07, 6.45) is -7.60. The molecule has 4 nitrogen and oxygen atoms in total. The summed E-state index contributed by atoms with van der Waals surface area (Å²) in [6, 6.07) is 6.34. The number of halogens is 9. The van der Waals surface area contributed by atoms with Crippen molar-refractivity contribution >= 4 is 41.1 Å². The first kappa shape index (κ1) is 27.5. The first-order chi connectivity index (χ1) is 15.7. The molecule has 2 aromatic carbocycles. The molecular formula is C21H15Cl2F7N2O2. The zero-order valence-corrected chi connectivity index (χ0v) is 18.3. The molecule has 2 amide bonds. The quantitative estimate of drug-likeness (QED) is 0.438. The van der Waals surface area contributed by atoms with E-state index in [0.29, 0.717) is 0 Å². The lowest BCUT2D eigenvalue weighted by Crippen LogP contribution is -2.41. The summed E-state index contributed by atoms with van der Waals surface area (Å²) in [5.41, 5.74) is -0.810. The monoisotopic (exact) mass is 530 g/mol. The molecule has 0 saturated heterocycles. The van der Waals surface area contributed by atoms with E-state index in [2.05, 4.69) is 0 Å². The number of amides is 2. The molecule has 0 aromatic heterocycles. The maximum Gasteiger partial charge on any atom is 0.405 e. The fraction of sp³-hybridized carbons (Fsp3) is 0.238. The largest absolute Gasteiger partial charge is 0.405 e. The molecule has 34 heavy (non-hydrogen) atoms. The SMILES string of the molecule is O=C(CNC(=O)c1ccc(C=CC(c2cc(Cl)cc(Cl)c2)C(F)(F)F)cc1F)NCC(F)(F)F. The lowest BCUT2D eigenvalue weighted by Gasteiger charge is -2.18. The van der Waals surface area contributed by atoms with Crippen LogP contribution < -0.4 is 10.6 Å². The van der Waals surface area contributed by atoms with Crippen molar-refractivity contribution in [2.75, 3.05) is 13.1 Å². The number of carbonyl (C=O) groups excluding carboxylic acids is 2. The highest BCUT2D eigenvalue weighted by Crippen LogP contribution is 2.38. The van der Waals surface area contributed by atoms with E-state index in [4.69, 9.17) is 23.2 Å². The van der Waals surface area contributed by atoms with Gasteiger partial charge in [-0.25, -0.2) is 4.39 Å². The summed E-state index contributed by atoms with van der Waals surface area (Å²) in [5.74, 6) is -5.48. The highest BCUT2D eigenvalue weighted by atomic mass is 35.5. The fourth-order valence-electron chi connectivity index (χ4n) is 2.71. The minimum atomic E-state index is -4.71. The Morgan fingerprint density at radius 3 is 2.09 bits per heavy atom. The molecule has 2 aromatic rings. The molecule has 0 radical (unpaired) electrons. The molecule has 184 valence electrons. The van der Waals surface area contributed by atoms with Gasteiger partial charge in [0.15, 0.2) is 0 Å². The zero-order valence-electron chi connectivity index (χ0n) is 16.8. The highest BCUT2D eigenvalue weighted by molar-refractivity contribution is 6.34. The van der Waals surface area contributed by atoms with Gasteiger partial charge in [-0.3, -0.25) is 9.59 Å². The van der Waals surface area contributed by atoms with E-state index in [1.54, 1.807) is 0 Å². The van der Waals surface area contributed by atoms with Crippen LogP contribution in [-0.2, 0) is 4.79 Å². The van der Waals surface area contributed by atoms with Crippen LogP contribution in [0.5, 0.6) is 0 Å². The number of carbonyl (C=O) groups is 2. The maximum atomic E-state index is 14.3. The molecule has 0 heterocycles. The van der Waals surface area contributed by atoms with Crippen LogP contribution in [0, 0.1) is 5.82 Å². The van der Waals surface area contributed by atoms with Gasteiger partial charge in [0, 0.05) is 10.0 Å². The second-order valence-electron chi connectivity index (χ2n) is 6.90. The number of benzene rings is 2. The van der Waals surface area contributed by atoms with Gasteiger partial charge in [-0.1, -0.05) is 41.4 Å². The lowest BCUT2D eigenvalue weighted by molar-refractivity contribution is -0.139. The Kier molecular flexibility index (Phi) is 8.96.